The normalized spacial score (nSPS) is 26.4. The fourth-order valence-electron chi connectivity index (χ4n) is 3.56. The molecule has 2 amide bonds. The smallest absolute Gasteiger partial charge is 0.322 e. The first-order valence-corrected chi connectivity index (χ1v) is 8.97. The van der Waals surface area contributed by atoms with Crippen molar-refractivity contribution in [3.8, 4) is 0 Å². The van der Waals surface area contributed by atoms with Crippen LogP contribution in [-0.2, 0) is 14.3 Å². The summed E-state index contributed by atoms with van der Waals surface area (Å²) in [5.74, 6) is -2.92. The molecule has 1 N–H and O–H groups in total. The Labute approximate surface area is 164 Å². The molecular formula is C16H15BrF5N3O3. The fraction of sp³-hybridized carbons (Fsp3) is 0.562. The third-order valence-electron chi connectivity index (χ3n) is 5.00. The van der Waals surface area contributed by atoms with E-state index in [0.717, 1.165) is 0 Å². The number of nitrogens with one attached hydrogen (secondary N) is 1. The van der Waals surface area contributed by atoms with E-state index < -0.39 is 48.7 Å². The van der Waals surface area contributed by atoms with Crippen LogP contribution >= 0.6 is 15.9 Å². The van der Waals surface area contributed by atoms with Crippen LogP contribution in [0.15, 0.2) is 16.7 Å². The standard InChI is InChI=1S/C16H15BrF5N3O3/c1-7-2-3-10(17)23-11(7)24-12(26)8-4-15(6-28-14(18)19)5-9(15)25(8)13(27)16(20,21)22/h2-3,8-9,14H,4-6H2,1H3,(H,23,24,26)/t8-,9+,15-/m0/s1. The molecule has 0 aromatic carbocycles. The van der Waals surface area contributed by atoms with Crippen LogP contribution in [0.3, 0.4) is 0 Å². The average Bonchev–Trinajstić information content (AvgIpc) is 3.20. The zero-order valence-electron chi connectivity index (χ0n) is 14.4. The minimum atomic E-state index is -5.19. The number of aryl methyl sites for hydroxylation is 1. The number of alkyl halides is 5. The molecule has 1 aliphatic heterocycles. The van der Waals surface area contributed by atoms with E-state index in [2.05, 4.69) is 31.0 Å². The minimum absolute atomic E-state index is 0.0689. The van der Waals surface area contributed by atoms with Crippen molar-refractivity contribution in [2.75, 3.05) is 11.9 Å². The Bertz CT molecular complexity index is 806. The summed E-state index contributed by atoms with van der Waals surface area (Å²) < 4.78 is 68.5. The lowest BCUT2D eigenvalue weighted by Crippen LogP contribution is -2.50. The van der Waals surface area contributed by atoms with Crippen molar-refractivity contribution < 1.29 is 36.3 Å². The Balaban J connectivity index is 1.83. The average molecular weight is 472 g/mol. The second-order valence-corrected chi connectivity index (χ2v) is 7.69. The highest BCUT2D eigenvalue weighted by atomic mass is 79.9. The highest BCUT2D eigenvalue weighted by Crippen LogP contribution is 2.60. The molecule has 1 aliphatic carbocycles. The van der Waals surface area contributed by atoms with Gasteiger partial charge in [-0.25, -0.2) is 4.98 Å². The molecule has 1 saturated carbocycles. The van der Waals surface area contributed by atoms with Gasteiger partial charge in [-0.05, 0) is 47.3 Å². The number of likely N-dealkylation sites (tertiary alicyclic amines) is 1. The number of anilines is 1. The first-order chi connectivity index (χ1) is 12.9. The van der Waals surface area contributed by atoms with Gasteiger partial charge in [-0.1, -0.05) is 6.07 Å². The summed E-state index contributed by atoms with van der Waals surface area (Å²) in [4.78, 5) is 29.0. The molecule has 3 atom stereocenters. The van der Waals surface area contributed by atoms with Gasteiger partial charge in [-0.2, -0.15) is 22.0 Å². The lowest BCUT2D eigenvalue weighted by Gasteiger charge is -2.27. The molecule has 1 aromatic rings. The minimum Gasteiger partial charge on any atom is -0.322 e. The van der Waals surface area contributed by atoms with Gasteiger partial charge in [0.1, 0.15) is 16.5 Å². The van der Waals surface area contributed by atoms with Crippen molar-refractivity contribution in [3.63, 3.8) is 0 Å². The Morgan fingerprint density at radius 3 is 2.68 bits per heavy atom. The second kappa shape index (κ2) is 7.21. The molecule has 0 radical (unpaired) electrons. The molecule has 0 unspecified atom stereocenters. The lowest BCUT2D eigenvalue weighted by molar-refractivity contribution is -0.187. The Kier molecular flexibility index (Phi) is 5.38. The maximum atomic E-state index is 13.0. The van der Waals surface area contributed by atoms with Crippen molar-refractivity contribution in [1.82, 2.24) is 9.88 Å². The van der Waals surface area contributed by atoms with E-state index in [4.69, 9.17) is 0 Å². The predicted molar refractivity (Wildman–Crippen MR) is 89.4 cm³/mol. The Hall–Kier alpha value is -1.82. The molecule has 3 rings (SSSR count). The van der Waals surface area contributed by atoms with Crippen molar-refractivity contribution in [3.05, 3.63) is 22.3 Å². The van der Waals surface area contributed by atoms with Crippen molar-refractivity contribution in [2.24, 2.45) is 5.41 Å². The summed E-state index contributed by atoms with van der Waals surface area (Å²) in [5.41, 5.74) is -0.525. The second-order valence-electron chi connectivity index (χ2n) is 6.87. The number of amides is 2. The number of ether oxygens (including phenoxy) is 1. The Morgan fingerprint density at radius 2 is 2.07 bits per heavy atom. The molecule has 1 aromatic heterocycles. The number of piperidine rings is 1. The van der Waals surface area contributed by atoms with Crippen LogP contribution in [0.1, 0.15) is 18.4 Å². The molecule has 2 aliphatic rings. The van der Waals surface area contributed by atoms with E-state index in [0.29, 0.717) is 15.1 Å². The molecule has 1 saturated heterocycles. The highest BCUT2D eigenvalue weighted by Gasteiger charge is 2.69. The van der Waals surface area contributed by atoms with Gasteiger partial charge >= 0.3 is 18.7 Å². The summed E-state index contributed by atoms with van der Waals surface area (Å²) in [6.45, 7) is -1.99. The van der Waals surface area contributed by atoms with E-state index in [1.807, 2.05) is 0 Å². The van der Waals surface area contributed by atoms with Gasteiger partial charge in [0.25, 0.3) is 0 Å². The van der Waals surface area contributed by atoms with Crippen LogP contribution in [0, 0.1) is 12.3 Å². The number of fused-ring (bicyclic) bond motifs is 1. The third kappa shape index (κ3) is 3.97. The summed E-state index contributed by atoms with van der Waals surface area (Å²) in [6.07, 6.45) is -5.32. The van der Waals surface area contributed by atoms with Crippen LogP contribution in [-0.4, -0.2) is 53.2 Å². The SMILES string of the molecule is Cc1ccc(Br)nc1NC(=O)[C@@H]1C[C@@]2(COC(F)F)C[C@H]2N1C(=O)C(F)(F)F. The van der Waals surface area contributed by atoms with Gasteiger partial charge in [-0.15, -0.1) is 0 Å². The topological polar surface area (TPSA) is 71.5 Å². The molecule has 2 fully saturated rings. The van der Waals surface area contributed by atoms with Crippen LogP contribution < -0.4 is 5.32 Å². The van der Waals surface area contributed by atoms with Gasteiger partial charge in [0, 0.05) is 11.5 Å². The fourth-order valence-corrected chi connectivity index (χ4v) is 3.87. The number of halogens is 6. The van der Waals surface area contributed by atoms with E-state index in [-0.39, 0.29) is 18.7 Å². The number of hydrogen-bond donors (Lipinski definition) is 1. The van der Waals surface area contributed by atoms with Gasteiger partial charge < -0.3 is 15.0 Å². The maximum absolute atomic E-state index is 13.0. The monoisotopic (exact) mass is 471 g/mol. The number of nitrogens with zero attached hydrogens (tertiary/aromatic N) is 2. The molecular weight excluding hydrogens is 457 g/mol. The van der Waals surface area contributed by atoms with Gasteiger partial charge in [0.15, 0.2) is 0 Å². The van der Waals surface area contributed by atoms with Gasteiger partial charge in [0.2, 0.25) is 5.91 Å². The molecule has 6 nitrogen and oxygen atoms in total. The third-order valence-corrected chi connectivity index (χ3v) is 5.44. The van der Waals surface area contributed by atoms with E-state index in [9.17, 15) is 31.5 Å². The lowest BCUT2D eigenvalue weighted by atomic mass is 10.00. The highest BCUT2D eigenvalue weighted by molar-refractivity contribution is 9.10. The molecule has 0 spiro atoms. The summed E-state index contributed by atoms with van der Waals surface area (Å²) in [7, 11) is 0. The molecule has 2 heterocycles. The van der Waals surface area contributed by atoms with Crippen LogP contribution in [0.2, 0.25) is 0 Å². The first-order valence-electron chi connectivity index (χ1n) is 8.18. The summed E-state index contributed by atoms with van der Waals surface area (Å²) in [5, 5.41) is 2.42. The van der Waals surface area contributed by atoms with Crippen molar-refractivity contribution in [2.45, 2.75) is 44.6 Å². The Morgan fingerprint density at radius 1 is 1.39 bits per heavy atom. The van der Waals surface area contributed by atoms with Crippen molar-refractivity contribution in [1.29, 1.82) is 0 Å². The van der Waals surface area contributed by atoms with E-state index >= 15 is 0 Å². The molecule has 12 heteroatoms. The number of carbonyl (C=O) groups excluding carboxylic acids is 2. The number of carbonyl (C=O) groups is 2. The van der Waals surface area contributed by atoms with Gasteiger partial charge in [-0.3, -0.25) is 9.59 Å². The zero-order chi connectivity index (χ0) is 20.9. The number of rotatable bonds is 5. The largest absolute Gasteiger partial charge is 0.471 e. The van der Waals surface area contributed by atoms with E-state index in [1.165, 1.54) is 0 Å². The van der Waals surface area contributed by atoms with Crippen LogP contribution in [0.4, 0.5) is 27.8 Å². The number of aromatic nitrogens is 1. The molecule has 28 heavy (non-hydrogen) atoms. The zero-order valence-corrected chi connectivity index (χ0v) is 16.0. The number of hydrogen-bond acceptors (Lipinski definition) is 4. The molecule has 154 valence electrons. The van der Waals surface area contributed by atoms with Gasteiger partial charge in [0.05, 0.1) is 6.61 Å². The quantitative estimate of drug-likeness (QED) is 0.528. The maximum Gasteiger partial charge on any atom is 0.471 e. The van der Waals surface area contributed by atoms with Crippen LogP contribution in [0.25, 0.3) is 0 Å². The first kappa shape index (κ1) is 20.9. The number of pyridine rings is 1. The van der Waals surface area contributed by atoms with Crippen molar-refractivity contribution >= 4 is 33.6 Å². The van der Waals surface area contributed by atoms with E-state index in [1.54, 1.807) is 19.1 Å². The van der Waals surface area contributed by atoms with Crippen LogP contribution in [0.5, 0.6) is 0 Å². The summed E-state index contributed by atoms with van der Waals surface area (Å²) >= 11 is 3.13. The molecule has 0 bridgehead atoms. The summed E-state index contributed by atoms with van der Waals surface area (Å²) in [6, 6.07) is 0.809. The predicted octanol–water partition coefficient (Wildman–Crippen LogP) is 3.25.